The monoisotopic (exact) mass is 227 g/mol. The standard InChI is InChI=1S/C13H25NO2/c1-10(12(15)16-4)9-14-11-7-5-6-8-13(11,2)3/h10-11,14H,5-9H2,1-4H3. The van der Waals surface area contributed by atoms with Crippen LogP contribution in [0.3, 0.4) is 0 Å². The summed E-state index contributed by atoms with van der Waals surface area (Å²) in [5.74, 6) is -0.177. The molecule has 0 aromatic rings. The molecule has 2 unspecified atom stereocenters. The quantitative estimate of drug-likeness (QED) is 0.749. The molecule has 0 spiro atoms. The van der Waals surface area contributed by atoms with Crippen molar-refractivity contribution in [2.45, 2.75) is 52.5 Å². The summed E-state index contributed by atoms with van der Waals surface area (Å²) >= 11 is 0. The Morgan fingerprint density at radius 3 is 2.75 bits per heavy atom. The molecule has 0 bridgehead atoms. The van der Waals surface area contributed by atoms with E-state index < -0.39 is 0 Å². The molecule has 94 valence electrons. The summed E-state index contributed by atoms with van der Waals surface area (Å²) in [6.07, 6.45) is 5.13. The molecule has 1 rings (SSSR count). The maximum absolute atomic E-state index is 11.3. The van der Waals surface area contributed by atoms with Gasteiger partial charge in [0.05, 0.1) is 13.0 Å². The van der Waals surface area contributed by atoms with Gasteiger partial charge in [-0.1, -0.05) is 33.6 Å². The Morgan fingerprint density at radius 2 is 2.19 bits per heavy atom. The fourth-order valence-electron chi connectivity index (χ4n) is 2.48. The minimum absolute atomic E-state index is 0.0530. The van der Waals surface area contributed by atoms with Crippen LogP contribution < -0.4 is 5.32 Å². The van der Waals surface area contributed by atoms with Gasteiger partial charge >= 0.3 is 5.97 Å². The molecule has 2 atom stereocenters. The summed E-state index contributed by atoms with van der Waals surface area (Å²) in [5, 5.41) is 3.53. The van der Waals surface area contributed by atoms with Crippen LogP contribution in [0.15, 0.2) is 0 Å². The number of nitrogens with one attached hydrogen (secondary N) is 1. The van der Waals surface area contributed by atoms with Crippen LogP contribution in [0.5, 0.6) is 0 Å². The number of hydrogen-bond donors (Lipinski definition) is 1. The van der Waals surface area contributed by atoms with Crippen molar-refractivity contribution in [3.05, 3.63) is 0 Å². The highest BCUT2D eigenvalue weighted by atomic mass is 16.5. The van der Waals surface area contributed by atoms with Gasteiger partial charge in [-0.2, -0.15) is 0 Å². The predicted molar refractivity (Wildman–Crippen MR) is 65.2 cm³/mol. The summed E-state index contributed by atoms with van der Waals surface area (Å²) in [6, 6.07) is 0.536. The summed E-state index contributed by atoms with van der Waals surface area (Å²) in [6.45, 7) is 7.26. The van der Waals surface area contributed by atoms with Crippen LogP contribution in [0.2, 0.25) is 0 Å². The number of rotatable bonds is 4. The molecule has 0 radical (unpaired) electrons. The Morgan fingerprint density at radius 1 is 1.50 bits per heavy atom. The zero-order chi connectivity index (χ0) is 12.2. The van der Waals surface area contributed by atoms with E-state index in [-0.39, 0.29) is 11.9 Å². The Kier molecular flexibility index (Phi) is 4.78. The summed E-state index contributed by atoms with van der Waals surface area (Å²) in [5.41, 5.74) is 0.355. The van der Waals surface area contributed by atoms with E-state index in [9.17, 15) is 4.79 Å². The van der Waals surface area contributed by atoms with Gasteiger partial charge in [-0.25, -0.2) is 0 Å². The van der Waals surface area contributed by atoms with Crippen LogP contribution in [0, 0.1) is 11.3 Å². The Balaban J connectivity index is 2.39. The van der Waals surface area contributed by atoms with E-state index in [1.165, 1.54) is 32.8 Å². The number of carbonyl (C=O) groups excluding carboxylic acids is 1. The smallest absolute Gasteiger partial charge is 0.309 e. The van der Waals surface area contributed by atoms with Crippen LogP contribution in [-0.4, -0.2) is 25.7 Å². The van der Waals surface area contributed by atoms with Crippen molar-refractivity contribution >= 4 is 5.97 Å². The SMILES string of the molecule is COC(=O)C(C)CNC1CCCCC1(C)C. The molecule has 1 saturated carbocycles. The minimum Gasteiger partial charge on any atom is -0.469 e. The Hall–Kier alpha value is -0.570. The van der Waals surface area contributed by atoms with Gasteiger partial charge in [0.25, 0.3) is 0 Å². The van der Waals surface area contributed by atoms with Crippen molar-refractivity contribution in [1.29, 1.82) is 0 Å². The van der Waals surface area contributed by atoms with Crippen molar-refractivity contribution in [2.24, 2.45) is 11.3 Å². The molecule has 1 aliphatic rings. The van der Waals surface area contributed by atoms with Gasteiger partial charge in [0.1, 0.15) is 0 Å². The Labute approximate surface area is 98.9 Å². The Bertz CT molecular complexity index is 238. The van der Waals surface area contributed by atoms with Gasteiger partial charge in [-0.15, -0.1) is 0 Å². The molecule has 0 aromatic carbocycles. The highest BCUT2D eigenvalue weighted by Crippen LogP contribution is 2.35. The van der Waals surface area contributed by atoms with Gasteiger partial charge in [0, 0.05) is 12.6 Å². The van der Waals surface area contributed by atoms with Crippen LogP contribution >= 0.6 is 0 Å². The fraction of sp³-hybridized carbons (Fsp3) is 0.923. The molecule has 16 heavy (non-hydrogen) atoms. The third-order valence-electron chi connectivity index (χ3n) is 3.78. The zero-order valence-electron chi connectivity index (χ0n) is 11.0. The molecule has 3 heteroatoms. The minimum atomic E-state index is -0.124. The maximum Gasteiger partial charge on any atom is 0.309 e. The number of ether oxygens (including phenoxy) is 1. The second-order valence-electron chi connectivity index (χ2n) is 5.62. The highest BCUT2D eigenvalue weighted by Gasteiger charge is 2.32. The van der Waals surface area contributed by atoms with Crippen molar-refractivity contribution < 1.29 is 9.53 Å². The molecule has 0 aliphatic heterocycles. The average Bonchev–Trinajstić information content (AvgIpc) is 2.25. The van der Waals surface area contributed by atoms with Gasteiger partial charge in [0.15, 0.2) is 0 Å². The lowest BCUT2D eigenvalue weighted by molar-refractivity contribution is -0.144. The molecule has 1 aliphatic carbocycles. The fourth-order valence-corrected chi connectivity index (χ4v) is 2.48. The van der Waals surface area contributed by atoms with E-state index in [0.29, 0.717) is 11.5 Å². The van der Waals surface area contributed by atoms with Crippen molar-refractivity contribution in [3.8, 4) is 0 Å². The first kappa shape index (κ1) is 13.5. The number of methoxy groups -OCH3 is 1. The van der Waals surface area contributed by atoms with Gasteiger partial charge < -0.3 is 10.1 Å². The third kappa shape index (κ3) is 3.48. The lowest BCUT2D eigenvalue weighted by atomic mass is 9.73. The van der Waals surface area contributed by atoms with Crippen LogP contribution in [0.4, 0.5) is 0 Å². The molecular weight excluding hydrogens is 202 g/mol. The number of esters is 1. The van der Waals surface area contributed by atoms with Gasteiger partial charge in [-0.05, 0) is 18.3 Å². The molecule has 0 amide bonds. The molecule has 0 saturated heterocycles. The van der Waals surface area contributed by atoms with E-state index in [2.05, 4.69) is 19.2 Å². The molecule has 0 heterocycles. The van der Waals surface area contributed by atoms with E-state index >= 15 is 0 Å². The summed E-state index contributed by atoms with van der Waals surface area (Å²) in [7, 11) is 1.45. The van der Waals surface area contributed by atoms with Crippen LogP contribution in [0.1, 0.15) is 46.5 Å². The first-order valence-electron chi connectivity index (χ1n) is 6.28. The lowest BCUT2D eigenvalue weighted by Gasteiger charge is -2.39. The van der Waals surface area contributed by atoms with Gasteiger partial charge in [0.2, 0.25) is 0 Å². The summed E-state index contributed by atoms with van der Waals surface area (Å²) < 4.78 is 4.72. The van der Waals surface area contributed by atoms with E-state index in [4.69, 9.17) is 4.74 Å². The van der Waals surface area contributed by atoms with Gasteiger partial charge in [-0.3, -0.25) is 4.79 Å². The first-order valence-corrected chi connectivity index (χ1v) is 6.28. The molecular formula is C13H25NO2. The van der Waals surface area contributed by atoms with Crippen LogP contribution in [-0.2, 0) is 9.53 Å². The van der Waals surface area contributed by atoms with E-state index in [0.717, 1.165) is 6.54 Å². The highest BCUT2D eigenvalue weighted by molar-refractivity contribution is 5.72. The first-order chi connectivity index (χ1) is 7.47. The molecule has 3 nitrogen and oxygen atoms in total. The lowest BCUT2D eigenvalue weighted by Crippen LogP contribution is -2.46. The largest absolute Gasteiger partial charge is 0.469 e. The predicted octanol–water partition coefficient (Wildman–Crippen LogP) is 2.35. The second-order valence-corrected chi connectivity index (χ2v) is 5.62. The molecule has 1 N–H and O–H groups in total. The molecule has 1 fully saturated rings. The average molecular weight is 227 g/mol. The second kappa shape index (κ2) is 5.67. The van der Waals surface area contributed by atoms with Crippen molar-refractivity contribution in [3.63, 3.8) is 0 Å². The normalized spacial score (nSPS) is 26.1. The van der Waals surface area contributed by atoms with E-state index in [1.54, 1.807) is 0 Å². The topological polar surface area (TPSA) is 38.3 Å². The van der Waals surface area contributed by atoms with Crippen LogP contribution in [0.25, 0.3) is 0 Å². The maximum atomic E-state index is 11.3. The summed E-state index contributed by atoms with van der Waals surface area (Å²) in [4.78, 5) is 11.3. The zero-order valence-corrected chi connectivity index (χ0v) is 11.0. The van der Waals surface area contributed by atoms with E-state index in [1.807, 2.05) is 6.92 Å². The molecule has 0 aromatic heterocycles. The number of hydrogen-bond acceptors (Lipinski definition) is 3. The van der Waals surface area contributed by atoms with Crippen molar-refractivity contribution in [1.82, 2.24) is 5.32 Å². The third-order valence-corrected chi connectivity index (χ3v) is 3.78. The van der Waals surface area contributed by atoms with Crippen molar-refractivity contribution in [2.75, 3.05) is 13.7 Å². The number of carbonyl (C=O) groups is 1.